The van der Waals surface area contributed by atoms with E-state index < -0.39 is 9.73 Å². The Bertz CT molecular complexity index is 146. The molecule has 0 heterocycles. The molecule has 0 aliphatic carbocycles. The highest BCUT2D eigenvalue weighted by Gasteiger charge is 2.06. The lowest BCUT2D eigenvalue weighted by atomic mass is 10.6. The summed E-state index contributed by atoms with van der Waals surface area (Å²) >= 11 is 0. The van der Waals surface area contributed by atoms with Gasteiger partial charge in [-0.3, -0.25) is 4.78 Å². The molecule has 0 saturated carbocycles. The second-order valence-electron chi connectivity index (χ2n) is 2.06. The molecule has 0 amide bonds. The predicted octanol–water partition coefficient (Wildman–Crippen LogP) is 1.46. The van der Waals surface area contributed by atoms with E-state index in [1.807, 2.05) is 13.8 Å². The molecule has 0 aliphatic heterocycles. The Balaban J connectivity index is 4.17. The van der Waals surface area contributed by atoms with E-state index >= 15 is 0 Å². The molecule has 0 radical (unpaired) electrons. The second-order valence-corrected chi connectivity index (χ2v) is 5.04. The highest BCUT2D eigenvalue weighted by Crippen LogP contribution is 1.99. The third-order valence-corrected chi connectivity index (χ3v) is 3.57. The molecule has 3 heteroatoms. The van der Waals surface area contributed by atoms with Gasteiger partial charge in [-0.1, -0.05) is 20.8 Å². The Kier molecular flexibility index (Phi) is 2.47. The number of rotatable bonds is 2. The zero-order valence-corrected chi connectivity index (χ0v) is 6.42. The van der Waals surface area contributed by atoms with Gasteiger partial charge in [0.2, 0.25) is 0 Å². The van der Waals surface area contributed by atoms with E-state index in [9.17, 15) is 4.21 Å². The van der Waals surface area contributed by atoms with E-state index in [1.54, 1.807) is 6.92 Å². The van der Waals surface area contributed by atoms with Crippen molar-refractivity contribution in [2.75, 3.05) is 5.75 Å². The van der Waals surface area contributed by atoms with Crippen LogP contribution >= 0.6 is 0 Å². The Morgan fingerprint density at radius 3 is 2.00 bits per heavy atom. The Hall–Kier alpha value is -0.0500. The molecule has 0 saturated heterocycles. The van der Waals surface area contributed by atoms with Crippen molar-refractivity contribution < 1.29 is 4.21 Å². The maximum Gasteiger partial charge on any atom is 0.0462 e. The Morgan fingerprint density at radius 2 is 2.00 bits per heavy atom. The van der Waals surface area contributed by atoms with E-state index in [0.29, 0.717) is 5.75 Å². The minimum absolute atomic E-state index is 0.00694. The average molecular weight is 135 g/mol. The van der Waals surface area contributed by atoms with E-state index in [1.165, 1.54) is 0 Å². The topological polar surface area (TPSA) is 40.9 Å². The number of hydrogen-bond donors (Lipinski definition) is 1. The molecule has 0 spiro atoms. The van der Waals surface area contributed by atoms with Gasteiger partial charge in [0.05, 0.1) is 0 Å². The molecule has 1 atom stereocenters. The van der Waals surface area contributed by atoms with E-state index in [2.05, 4.69) is 0 Å². The third kappa shape index (κ3) is 1.82. The van der Waals surface area contributed by atoms with Crippen LogP contribution in [0.1, 0.15) is 20.8 Å². The van der Waals surface area contributed by atoms with Gasteiger partial charge >= 0.3 is 0 Å². The molecular formula is C5H13NOS. The summed E-state index contributed by atoms with van der Waals surface area (Å²) in [6, 6.07) is 0. The number of nitrogens with one attached hydrogen (secondary N) is 1. The van der Waals surface area contributed by atoms with Gasteiger partial charge in [-0.25, -0.2) is 4.21 Å². The summed E-state index contributed by atoms with van der Waals surface area (Å²) in [5.41, 5.74) is 0. The van der Waals surface area contributed by atoms with Gasteiger partial charge in [-0.05, 0) is 0 Å². The summed E-state index contributed by atoms with van der Waals surface area (Å²) in [5.74, 6) is 0.477. The van der Waals surface area contributed by atoms with Crippen molar-refractivity contribution in [1.29, 1.82) is 4.78 Å². The van der Waals surface area contributed by atoms with Crippen molar-refractivity contribution in [1.82, 2.24) is 0 Å². The largest absolute Gasteiger partial charge is 0.253 e. The number of hydrogen-bond acceptors (Lipinski definition) is 2. The molecule has 0 aromatic heterocycles. The van der Waals surface area contributed by atoms with Crippen molar-refractivity contribution >= 4 is 9.73 Å². The smallest absolute Gasteiger partial charge is 0.0462 e. The summed E-state index contributed by atoms with van der Waals surface area (Å²) in [6.07, 6.45) is 0. The summed E-state index contributed by atoms with van der Waals surface area (Å²) in [6.45, 7) is 5.42. The maximum absolute atomic E-state index is 10.9. The summed E-state index contributed by atoms with van der Waals surface area (Å²) in [5, 5.41) is 0.00694. The van der Waals surface area contributed by atoms with Crippen LogP contribution in [0.5, 0.6) is 0 Å². The fraction of sp³-hybridized carbons (Fsp3) is 1.00. The van der Waals surface area contributed by atoms with Gasteiger partial charge in [0, 0.05) is 20.7 Å². The standard InChI is InChI=1S/C5H13NOS/c1-4-8(6,7)5(2)3/h5-6H,4H2,1-3H3. The zero-order valence-electron chi connectivity index (χ0n) is 5.60. The van der Waals surface area contributed by atoms with Crippen LogP contribution < -0.4 is 0 Å². The monoisotopic (exact) mass is 135 g/mol. The summed E-state index contributed by atoms with van der Waals surface area (Å²) in [7, 11) is -2.24. The van der Waals surface area contributed by atoms with E-state index in [-0.39, 0.29) is 5.25 Å². The maximum atomic E-state index is 10.9. The van der Waals surface area contributed by atoms with Crippen LogP contribution in [0.4, 0.5) is 0 Å². The van der Waals surface area contributed by atoms with Crippen LogP contribution in [0.15, 0.2) is 0 Å². The van der Waals surface area contributed by atoms with E-state index in [4.69, 9.17) is 4.78 Å². The van der Waals surface area contributed by atoms with Gasteiger partial charge in [0.1, 0.15) is 0 Å². The highest BCUT2D eigenvalue weighted by molar-refractivity contribution is 7.92. The molecule has 2 nitrogen and oxygen atoms in total. The van der Waals surface area contributed by atoms with Gasteiger partial charge < -0.3 is 0 Å². The van der Waals surface area contributed by atoms with Crippen LogP contribution in [0.25, 0.3) is 0 Å². The van der Waals surface area contributed by atoms with Crippen molar-refractivity contribution in [3.63, 3.8) is 0 Å². The molecule has 0 bridgehead atoms. The fourth-order valence-corrected chi connectivity index (χ4v) is 1.00. The van der Waals surface area contributed by atoms with Crippen molar-refractivity contribution in [2.45, 2.75) is 26.0 Å². The lowest BCUT2D eigenvalue weighted by Gasteiger charge is -2.05. The molecule has 0 aliphatic rings. The molecule has 1 unspecified atom stereocenters. The molecule has 0 fully saturated rings. The van der Waals surface area contributed by atoms with Gasteiger partial charge in [0.25, 0.3) is 0 Å². The molecule has 0 aromatic carbocycles. The zero-order chi connectivity index (χ0) is 6.78. The first-order valence-electron chi connectivity index (χ1n) is 2.76. The van der Waals surface area contributed by atoms with Crippen LogP contribution in [-0.2, 0) is 9.73 Å². The first-order valence-corrected chi connectivity index (χ1v) is 4.55. The molecule has 8 heavy (non-hydrogen) atoms. The molecule has 0 rings (SSSR count). The molecule has 0 aromatic rings. The molecule has 50 valence electrons. The fourth-order valence-electron chi connectivity index (χ4n) is 0.333. The first-order chi connectivity index (χ1) is 3.50. The molecular weight excluding hydrogens is 122 g/mol. The Labute approximate surface area is 51.3 Å². The minimum Gasteiger partial charge on any atom is -0.253 e. The summed E-state index contributed by atoms with van der Waals surface area (Å²) in [4.78, 5) is 0. The van der Waals surface area contributed by atoms with Crippen LogP contribution in [0, 0.1) is 4.78 Å². The first kappa shape index (κ1) is 7.95. The van der Waals surface area contributed by atoms with Crippen molar-refractivity contribution in [3.8, 4) is 0 Å². The third-order valence-electron chi connectivity index (χ3n) is 1.19. The van der Waals surface area contributed by atoms with Crippen LogP contribution in [0.2, 0.25) is 0 Å². The normalized spacial score (nSPS) is 18.5. The van der Waals surface area contributed by atoms with Gasteiger partial charge in [0.15, 0.2) is 0 Å². The van der Waals surface area contributed by atoms with Crippen molar-refractivity contribution in [3.05, 3.63) is 0 Å². The lowest BCUT2D eigenvalue weighted by Crippen LogP contribution is -2.13. The highest BCUT2D eigenvalue weighted by atomic mass is 32.2. The minimum atomic E-state index is -2.24. The predicted molar refractivity (Wildman–Crippen MR) is 36.5 cm³/mol. The van der Waals surface area contributed by atoms with Crippen LogP contribution in [0.3, 0.4) is 0 Å². The summed E-state index contributed by atoms with van der Waals surface area (Å²) < 4.78 is 18.1. The Morgan fingerprint density at radius 1 is 1.62 bits per heavy atom. The van der Waals surface area contributed by atoms with Crippen molar-refractivity contribution in [2.24, 2.45) is 0 Å². The van der Waals surface area contributed by atoms with Crippen LogP contribution in [-0.4, -0.2) is 15.2 Å². The van der Waals surface area contributed by atoms with E-state index in [0.717, 1.165) is 0 Å². The quantitative estimate of drug-likeness (QED) is 0.612. The molecule has 1 N–H and O–H groups in total. The second kappa shape index (κ2) is 2.49. The average Bonchev–Trinajstić information content (AvgIpc) is 1.67. The van der Waals surface area contributed by atoms with Gasteiger partial charge in [-0.15, -0.1) is 0 Å². The SMILES string of the molecule is CCS(=N)(=O)C(C)C. The van der Waals surface area contributed by atoms with Gasteiger partial charge in [-0.2, -0.15) is 0 Å². The lowest BCUT2D eigenvalue weighted by molar-refractivity contribution is 0.668.